The van der Waals surface area contributed by atoms with E-state index >= 15 is 0 Å². The van der Waals surface area contributed by atoms with Gasteiger partial charge in [-0.25, -0.2) is 4.39 Å². The first-order valence-electron chi connectivity index (χ1n) is 4.20. The van der Waals surface area contributed by atoms with Gasteiger partial charge >= 0.3 is 0 Å². The Hall–Kier alpha value is -1.29. The predicted molar refractivity (Wildman–Crippen MR) is 48.4 cm³/mol. The molecule has 1 aromatic carbocycles. The molecule has 3 N–H and O–H groups in total. The first kappa shape index (κ1) is 8.31. The Kier molecular flexibility index (Phi) is 2.06. The molecule has 4 heteroatoms. The largest absolute Gasteiger partial charge is 0.485 e. The summed E-state index contributed by atoms with van der Waals surface area (Å²) in [5.41, 5.74) is 6.26. The summed E-state index contributed by atoms with van der Waals surface area (Å²) in [7, 11) is 0. The number of fused-ring (bicyclic) bond motifs is 1. The average molecular weight is 182 g/mol. The van der Waals surface area contributed by atoms with E-state index in [-0.39, 0.29) is 11.9 Å². The molecule has 0 saturated carbocycles. The van der Waals surface area contributed by atoms with Crippen molar-refractivity contribution in [1.29, 1.82) is 0 Å². The van der Waals surface area contributed by atoms with E-state index < -0.39 is 0 Å². The second-order valence-corrected chi connectivity index (χ2v) is 3.00. The zero-order valence-corrected chi connectivity index (χ0v) is 7.09. The zero-order chi connectivity index (χ0) is 9.26. The van der Waals surface area contributed by atoms with Crippen LogP contribution in [0.4, 0.5) is 10.1 Å². The fourth-order valence-electron chi connectivity index (χ4n) is 1.32. The van der Waals surface area contributed by atoms with Gasteiger partial charge in [0.15, 0.2) is 0 Å². The minimum Gasteiger partial charge on any atom is -0.485 e. The van der Waals surface area contributed by atoms with Gasteiger partial charge in [0.05, 0.1) is 12.2 Å². The highest BCUT2D eigenvalue weighted by molar-refractivity contribution is 5.57. The fraction of sp³-hybridized carbons (Fsp3) is 0.333. The number of anilines is 1. The van der Waals surface area contributed by atoms with Crippen LogP contribution in [0.2, 0.25) is 0 Å². The van der Waals surface area contributed by atoms with E-state index in [4.69, 9.17) is 10.5 Å². The van der Waals surface area contributed by atoms with Gasteiger partial charge in [0, 0.05) is 12.6 Å². The Morgan fingerprint density at radius 3 is 3.23 bits per heavy atom. The highest BCUT2D eigenvalue weighted by atomic mass is 19.1. The molecule has 0 spiro atoms. The second-order valence-electron chi connectivity index (χ2n) is 3.00. The molecule has 0 aliphatic carbocycles. The summed E-state index contributed by atoms with van der Waals surface area (Å²) in [5, 5.41) is 3.12. The molecular formula is C9H11FN2O. The Labute approximate surface area is 75.7 Å². The number of rotatable bonds is 1. The summed E-state index contributed by atoms with van der Waals surface area (Å²) in [6, 6.07) is 4.43. The molecule has 0 aromatic heterocycles. The monoisotopic (exact) mass is 182 g/mol. The molecule has 2 rings (SSSR count). The molecule has 0 fully saturated rings. The van der Waals surface area contributed by atoms with Crippen LogP contribution in [0.1, 0.15) is 0 Å². The van der Waals surface area contributed by atoms with Crippen LogP contribution >= 0.6 is 0 Å². The number of ether oxygens (including phenoxy) is 1. The van der Waals surface area contributed by atoms with Crippen LogP contribution in [-0.2, 0) is 0 Å². The summed E-state index contributed by atoms with van der Waals surface area (Å²) in [5.74, 6) is 0.250. The summed E-state index contributed by atoms with van der Waals surface area (Å²) in [6.45, 7) is 1.11. The summed E-state index contributed by atoms with van der Waals surface area (Å²) < 4.78 is 18.2. The molecule has 3 nitrogen and oxygen atoms in total. The smallest absolute Gasteiger partial charge is 0.145 e. The maximum Gasteiger partial charge on any atom is 0.145 e. The molecule has 1 heterocycles. The molecule has 0 bridgehead atoms. The van der Waals surface area contributed by atoms with Crippen molar-refractivity contribution in [2.45, 2.75) is 6.10 Å². The number of nitrogens with one attached hydrogen (secondary N) is 1. The molecular weight excluding hydrogens is 171 g/mol. The molecule has 70 valence electrons. The van der Waals surface area contributed by atoms with E-state index in [9.17, 15) is 4.39 Å². The van der Waals surface area contributed by atoms with Crippen LogP contribution < -0.4 is 15.8 Å². The van der Waals surface area contributed by atoms with E-state index in [1.165, 1.54) is 12.1 Å². The fourth-order valence-corrected chi connectivity index (χ4v) is 1.32. The summed E-state index contributed by atoms with van der Waals surface area (Å²) >= 11 is 0. The molecule has 1 unspecified atom stereocenters. The van der Waals surface area contributed by atoms with Crippen LogP contribution in [0.5, 0.6) is 5.75 Å². The maximum atomic E-state index is 12.8. The minimum atomic E-state index is -0.293. The van der Waals surface area contributed by atoms with Gasteiger partial charge in [-0.3, -0.25) is 0 Å². The van der Waals surface area contributed by atoms with Crippen molar-refractivity contribution in [3.8, 4) is 5.75 Å². The van der Waals surface area contributed by atoms with E-state index in [1.54, 1.807) is 6.07 Å². The number of hydrogen-bond acceptors (Lipinski definition) is 3. The number of benzene rings is 1. The molecule has 0 amide bonds. The van der Waals surface area contributed by atoms with Gasteiger partial charge < -0.3 is 15.8 Å². The SMILES string of the molecule is NCC1CNc2ccc(F)cc2O1. The second kappa shape index (κ2) is 3.22. The standard InChI is InChI=1S/C9H11FN2O/c10-6-1-2-8-9(3-6)13-7(4-11)5-12-8/h1-3,7,12H,4-5,11H2. The van der Waals surface area contributed by atoms with Crippen LogP contribution in [0.15, 0.2) is 18.2 Å². The lowest BCUT2D eigenvalue weighted by molar-refractivity contribution is 0.213. The quantitative estimate of drug-likeness (QED) is 0.680. The summed E-state index contributed by atoms with van der Waals surface area (Å²) in [4.78, 5) is 0. The third-order valence-electron chi connectivity index (χ3n) is 2.02. The normalized spacial score (nSPS) is 20.0. The predicted octanol–water partition coefficient (Wildman–Crippen LogP) is 0.957. The van der Waals surface area contributed by atoms with Gasteiger partial charge in [-0.2, -0.15) is 0 Å². The lowest BCUT2D eigenvalue weighted by Crippen LogP contribution is -2.36. The Bertz CT molecular complexity index is 316. The highest BCUT2D eigenvalue weighted by Crippen LogP contribution is 2.29. The van der Waals surface area contributed by atoms with Crippen LogP contribution in [0, 0.1) is 5.82 Å². The lowest BCUT2D eigenvalue weighted by Gasteiger charge is -2.26. The Balaban J connectivity index is 2.27. The molecule has 1 atom stereocenters. The Morgan fingerprint density at radius 1 is 1.62 bits per heavy atom. The van der Waals surface area contributed by atoms with Crippen molar-refractivity contribution in [3.63, 3.8) is 0 Å². The first-order chi connectivity index (χ1) is 6.29. The number of hydrogen-bond donors (Lipinski definition) is 2. The highest BCUT2D eigenvalue weighted by Gasteiger charge is 2.17. The minimum absolute atomic E-state index is 0.0608. The van der Waals surface area contributed by atoms with Crippen LogP contribution in [0.25, 0.3) is 0 Å². The first-order valence-corrected chi connectivity index (χ1v) is 4.20. The van der Waals surface area contributed by atoms with Gasteiger partial charge in [-0.15, -0.1) is 0 Å². The average Bonchev–Trinajstić information content (AvgIpc) is 2.16. The van der Waals surface area contributed by atoms with E-state index in [0.29, 0.717) is 18.8 Å². The van der Waals surface area contributed by atoms with Crippen LogP contribution in [-0.4, -0.2) is 19.2 Å². The lowest BCUT2D eigenvalue weighted by atomic mass is 10.2. The molecule has 1 aliphatic heterocycles. The van der Waals surface area contributed by atoms with Gasteiger partial charge in [0.25, 0.3) is 0 Å². The van der Waals surface area contributed by atoms with Crippen molar-refractivity contribution in [2.75, 3.05) is 18.4 Å². The van der Waals surface area contributed by atoms with E-state index in [2.05, 4.69) is 5.32 Å². The van der Waals surface area contributed by atoms with E-state index in [1.807, 2.05) is 0 Å². The topological polar surface area (TPSA) is 47.3 Å². The van der Waals surface area contributed by atoms with Crippen molar-refractivity contribution in [2.24, 2.45) is 5.73 Å². The van der Waals surface area contributed by atoms with Crippen molar-refractivity contribution in [1.82, 2.24) is 0 Å². The van der Waals surface area contributed by atoms with Gasteiger partial charge in [0.2, 0.25) is 0 Å². The van der Waals surface area contributed by atoms with Gasteiger partial charge in [-0.1, -0.05) is 0 Å². The van der Waals surface area contributed by atoms with Crippen molar-refractivity contribution < 1.29 is 9.13 Å². The molecule has 1 aliphatic rings. The van der Waals surface area contributed by atoms with Crippen LogP contribution in [0.3, 0.4) is 0 Å². The zero-order valence-electron chi connectivity index (χ0n) is 7.09. The third-order valence-corrected chi connectivity index (χ3v) is 2.02. The van der Waals surface area contributed by atoms with Crippen molar-refractivity contribution in [3.05, 3.63) is 24.0 Å². The van der Waals surface area contributed by atoms with Crippen molar-refractivity contribution >= 4 is 5.69 Å². The summed E-state index contributed by atoms with van der Waals surface area (Å²) in [6.07, 6.45) is -0.0608. The third kappa shape index (κ3) is 1.58. The maximum absolute atomic E-state index is 12.8. The van der Waals surface area contributed by atoms with Gasteiger partial charge in [0.1, 0.15) is 17.7 Å². The Morgan fingerprint density at radius 2 is 2.46 bits per heavy atom. The number of halogens is 1. The molecule has 0 radical (unpaired) electrons. The number of nitrogens with two attached hydrogens (primary N) is 1. The molecule has 1 aromatic rings. The van der Waals surface area contributed by atoms with Gasteiger partial charge in [-0.05, 0) is 12.1 Å². The van der Waals surface area contributed by atoms with E-state index in [0.717, 1.165) is 5.69 Å². The molecule has 0 saturated heterocycles. The molecule has 13 heavy (non-hydrogen) atoms.